The molecular weight excluding hydrogens is 483 g/mol. The molecule has 3 N–H and O–H groups in total. The molecule has 0 spiro atoms. The zero-order chi connectivity index (χ0) is 20.4. The van der Waals surface area contributed by atoms with Crippen molar-refractivity contribution in [2.45, 2.75) is 64.3 Å². The molecule has 168 valence electrons. The van der Waals surface area contributed by atoms with Crippen molar-refractivity contribution in [3.05, 3.63) is 0 Å². The molecule has 0 radical (unpaired) electrons. The molecule has 2 aliphatic heterocycles. The molecule has 3 amide bonds. The fourth-order valence-corrected chi connectivity index (χ4v) is 3.72. The first-order valence-electron chi connectivity index (χ1n) is 10.8. The first-order valence-corrected chi connectivity index (χ1v) is 10.8. The third-order valence-corrected chi connectivity index (χ3v) is 5.77. The van der Waals surface area contributed by atoms with Gasteiger partial charge in [-0.15, -0.1) is 24.0 Å². The Morgan fingerprint density at radius 3 is 2.17 bits per heavy atom. The summed E-state index contributed by atoms with van der Waals surface area (Å²) in [5.74, 6) is 0.641. The normalized spacial score (nSPS) is 23.4. The summed E-state index contributed by atoms with van der Waals surface area (Å²) in [7, 11) is 1.76. The Bertz CT molecular complexity index is 551. The van der Waals surface area contributed by atoms with Crippen molar-refractivity contribution in [3.63, 3.8) is 0 Å². The highest BCUT2D eigenvalue weighted by atomic mass is 127. The van der Waals surface area contributed by atoms with E-state index in [9.17, 15) is 9.59 Å². The molecular formula is C20H39IN6O2. The monoisotopic (exact) mass is 522 g/mol. The van der Waals surface area contributed by atoms with E-state index in [0.717, 1.165) is 25.5 Å². The van der Waals surface area contributed by atoms with Gasteiger partial charge in [0.15, 0.2) is 5.96 Å². The summed E-state index contributed by atoms with van der Waals surface area (Å²) >= 11 is 0. The zero-order valence-corrected chi connectivity index (χ0v) is 20.6. The molecule has 2 fully saturated rings. The van der Waals surface area contributed by atoms with Crippen LogP contribution in [-0.2, 0) is 4.79 Å². The van der Waals surface area contributed by atoms with Crippen molar-refractivity contribution in [2.24, 2.45) is 4.99 Å². The minimum absolute atomic E-state index is 0. The van der Waals surface area contributed by atoms with E-state index < -0.39 is 5.54 Å². The Hall–Kier alpha value is -1.10. The van der Waals surface area contributed by atoms with Gasteiger partial charge in [0.05, 0.1) is 0 Å². The summed E-state index contributed by atoms with van der Waals surface area (Å²) in [5, 5.41) is 9.39. The topological polar surface area (TPSA) is 89.1 Å². The van der Waals surface area contributed by atoms with E-state index in [1.807, 2.05) is 6.92 Å². The molecule has 1 atom stereocenters. The number of rotatable bonds is 9. The first-order chi connectivity index (χ1) is 13.5. The number of urea groups is 1. The molecule has 2 rings (SSSR count). The third-order valence-electron chi connectivity index (χ3n) is 5.77. The zero-order valence-electron chi connectivity index (χ0n) is 18.3. The highest BCUT2D eigenvalue weighted by Gasteiger charge is 2.45. The van der Waals surface area contributed by atoms with Crippen molar-refractivity contribution >= 4 is 41.9 Å². The number of aliphatic imine (C=N–C) groups is 1. The van der Waals surface area contributed by atoms with Crippen LogP contribution in [0.25, 0.3) is 0 Å². The maximum Gasteiger partial charge on any atom is 0.325 e. The predicted octanol–water partition coefficient (Wildman–Crippen LogP) is 2.15. The van der Waals surface area contributed by atoms with Crippen LogP contribution in [-0.4, -0.2) is 79.6 Å². The molecule has 29 heavy (non-hydrogen) atoms. The number of carbonyl (C=O) groups is 2. The number of carbonyl (C=O) groups excluding carboxylic acids is 2. The number of amides is 3. The largest absolute Gasteiger partial charge is 0.356 e. The van der Waals surface area contributed by atoms with Gasteiger partial charge in [-0.25, -0.2) is 4.79 Å². The minimum atomic E-state index is -0.754. The maximum absolute atomic E-state index is 12.4. The van der Waals surface area contributed by atoms with Crippen LogP contribution in [0.5, 0.6) is 0 Å². The summed E-state index contributed by atoms with van der Waals surface area (Å²) in [6.07, 6.45) is 7.77. The lowest BCUT2D eigenvalue weighted by atomic mass is 9.99. The van der Waals surface area contributed by atoms with Gasteiger partial charge in [0.25, 0.3) is 5.91 Å². The second-order valence-electron chi connectivity index (χ2n) is 7.96. The van der Waals surface area contributed by atoms with Crippen molar-refractivity contribution < 1.29 is 9.59 Å². The molecule has 2 heterocycles. The summed E-state index contributed by atoms with van der Waals surface area (Å²) in [6.45, 7) is 9.24. The van der Waals surface area contributed by atoms with E-state index >= 15 is 0 Å². The van der Waals surface area contributed by atoms with Gasteiger partial charge in [-0.3, -0.25) is 14.7 Å². The molecule has 0 aromatic rings. The van der Waals surface area contributed by atoms with Gasteiger partial charge >= 0.3 is 6.03 Å². The van der Waals surface area contributed by atoms with Gasteiger partial charge in [0.2, 0.25) is 0 Å². The molecule has 0 aromatic carbocycles. The maximum atomic E-state index is 12.4. The Morgan fingerprint density at radius 2 is 1.66 bits per heavy atom. The number of hydrogen-bond acceptors (Lipinski definition) is 4. The number of nitrogens with one attached hydrogen (secondary N) is 3. The van der Waals surface area contributed by atoms with E-state index in [1.165, 1.54) is 43.7 Å². The van der Waals surface area contributed by atoms with E-state index in [0.29, 0.717) is 25.9 Å². The summed E-state index contributed by atoms with van der Waals surface area (Å²) < 4.78 is 0. The van der Waals surface area contributed by atoms with E-state index in [4.69, 9.17) is 0 Å². The average Bonchev–Trinajstić information content (AvgIpc) is 2.88. The van der Waals surface area contributed by atoms with Crippen molar-refractivity contribution in [1.29, 1.82) is 0 Å². The standard InChI is InChI=1S/C20H38N6O2.HI/c1-4-20(2)17(27)26(19(28)24-20)16-10-12-23-18(21-3)22-11-9-15-25-13-7-5-6-8-14-25;/h4-16H2,1-3H3,(H,24,28)(H2,21,22,23);1H. The van der Waals surface area contributed by atoms with E-state index in [-0.39, 0.29) is 35.9 Å². The van der Waals surface area contributed by atoms with E-state index in [1.54, 1.807) is 14.0 Å². The molecule has 0 aromatic heterocycles. The van der Waals surface area contributed by atoms with Crippen LogP contribution in [0.3, 0.4) is 0 Å². The van der Waals surface area contributed by atoms with Crippen molar-refractivity contribution in [2.75, 3.05) is 46.3 Å². The van der Waals surface area contributed by atoms with Crippen molar-refractivity contribution in [1.82, 2.24) is 25.8 Å². The van der Waals surface area contributed by atoms with Crippen LogP contribution >= 0.6 is 24.0 Å². The van der Waals surface area contributed by atoms with Gasteiger partial charge in [-0.05, 0) is 58.7 Å². The third kappa shape index (κ3) is 7.92. The fourth-order valence-electron chi connectivity index (χ4n) is 3.72. The molecule has 0 aliphatic carbocycles. The number of nitrogens with zero attached hydrogens (tertiary/aromatic N) is 3. The SMILES string of the molecule is CCC1(C)NC(=O)N(CCCNC(=NC)NCCCN2CCCCCC2)C1=O.I. The highest BCUT2D eigenvalue weighted by Crippen LogP contribution is 2.20. The second kappa shape index (κ2) is 13.3. The number of likely N-dealkylation sites (tertiary alicyclic amines) is 1. The van der Waals surface area contributed by atoms with Gasteiger partial charge in [-0.2, -0.15) is 0 Å². The summed E-state index contributed by atoms with van der Waals surface area (Å²) in [6, 6.07) is -0.287. The smallest absolute Gasteiger partial charge is 0.325 e. The molecule has 9 heteroatoms. The van der Waals surface area contributed by atoms with Gasteiger partial charge in [0, 0.05) is 26.7 Å². The van der Waals surface area contributed by atoms with Gasteiger partial charge in [-0.1, -0.05) is 19.8 Å². The summed E-state index contributed by atoms with van der Waals surface area (Å²) in [4.78, 5) is 32.5. The lowest BCUT2D eigenvalue weighted by molar-refractivity contribution is -0.130. The molecule has 0 saturated carbocycles. The molecule has 2 aliphatic rings. The van der Waals surface area contributed by atoms with Crippen LogP contribution in [0.1, 0.15) is 58.8 Å². The second-order valence-corrected chi connectivity index (χ2v) is 7.96. The molecule has 0 bridgehead atoms. The molecule has 1 unspecified atom stereocenters. The lowest BCUT2D eigenvalue weighted by Crippen LogP contribution is -2.43. The number of guanidine groups is 1. The first kappa shape index (κ1) is 25.9. The van der Waals surface area contributed by atoms with Gasteiger partial charge in [0.1, 0.15) is 5.54 Å². The number of imide groups is 1. The Balaban J connectivity index is 0.00000420. The van der Waals surface area contributed by atoms with Gasteiger partial charge < -0.3 is 20.9 Å². The number of hydrogen-bond donors (Lipinski definition) is 3. The Labute approximate surface area is 192 Å². The van der Waals surface area contributed by atoms with Crippen LogP contribution in [0.4, 0.5) is 4.79 Å². The number of halogens is 1. The average molecular weight is 522 g/mol. The fraction of sp³-hybridized carbons (Fsp3) is 0.850. The van der Waals surface area contributed by atoms with Crippen LogP contribution in [0.2, 0.25) is 0 Å². The Kier molecular flexibility index (Phi) is 11.9. The van der Waals surface area contributed by atoms with Crippen molar-refractivity contribution in [3.8, 4) is 0 Å². The minimum Gasteiger partial charge on any atom is -0.356 e. The predicted molar refractivity (Wildman–Crippen MR) is 128 cm³/mol. The van der Waals surface area contributed by atoms with Crippen LogP contribution in [0, 0.1) is 0 Å². The molecule has 2 saturated heterocycles. The van der Waals surface area contributed by atoms with E-state index in [2.05, 4.69) is 25.8 Å². The highest BCUT2D eigenvalue weighted by molar-refractivity contribution is 14.0. The van der Waals surface area contributed by atoms with Crippen LogP contribution < -0.4 is 16.0 Å². The molecule has 8 nitrogen and oxygen atoms in total. The summed E-state index contributed by atoms with van der Waals surface area (Å²) in [5.41, 5.74) is -0.754. The quantitative estimate of drug-likeness (QED) is 0.142. The van der Waals surface area contributed by atoms with Crippen LogP contribution in [0.15, 0.2) is 4.99 Å². The Morgan fingerprint density at radius 1 is 1.07 bits per heavy atom. The lowest BCUT2D eigenvalue weighted by Gasteiger charge is -2.20.